The van der Waals surface area contributed by atoms with Crippen molar-refractivity contribution in [3.05, 3.63) is 88.1 Å². The molecule has 0 aliphatic heterocycles. The number of amides is 1. The van der Waals surface area contributed by atoms with Crippen molar-refractivity contribution in [2.24, 2.45) is 5.14 Å². The highest BCUT2D eigenvalue weighted by molar-refractivity contribution is 9.10. The maximum Gasteiger partial charge on any atom is 0.256 e. The molecule has 29 heavy (non-hydrogen) atoms. The zero-order valence-electron chi connectivity index (χ0n) is 14.9. The third-order valence-corrected chi connectivity index (χ3v) is 5.50. The number of hydrogen-bond acceptors (Lipinski definition) is 4. The van der Waals surface area contributed by atoms with Gasteiger partial charge in [0.05, 0.1) is 10.5 Å². The van der Waals surface area contributed by atoms with Gasteiger partial charge in [0.1, 0.15) is 18.2 Å². The van der Waals surface area contributed by atoms with E-state index in [9.17, 15) is 17.6 Å². The second kappa shape index (κ2) is 8.73. The summed E-state index contributed by atoms with van der Waals surface area (Å²) in [5.41, 5.74) is 1.37. The number of rotatable bonds is 6. The van der Waals surface area contributed by atoms with E-state index >= 15 is 0 Å². The molecule has 3 N–H and O–H groups in total. The third-order valence-electron chi connectivity index (χ3n) is 3.90. The second-order valence-corrected chi connectivity index (χ2v) is 8.50. The number of halogens is 2. The third kappa shape index (κ3) is 5.63. The van der Waals surface area contributed by atoms with Crippen LogP contribution in [0, 0.1) is 5.82 Å². The van der Waals surface area contributed by atoms with E-state index in [1.807, 2.05) is 0 Å². The van der Waals surface area contributed by atoms with E-state index in [0.717, 1.165) is 5.56 Å². The first-order chi connectivity index (χ1) is 13.7. The van der Waals surface area contributed by atoms with Crippen molar-refractivity contribution in [1.29, 1.82) is 0 Å². The predicted octanol–water partition coefficient (Wildman–Crippen LogP) is 4.07. The van der Waals surface area contributed by atoms with Crippen LogP contribution >= 0.6 is 15.9 Å². The summed E-state index contributed by atoms with van der Waals surface area (Å²) in [4.78, 5) is 12.4. The van der Waals surface area contributed by atoms with Gasteiger partial charge in [-0.25, -0.2) is 17.9 Å². The summed E-state index contributed by atoms with van der Waals surface area (Å²) in [6.45, 7) is 0.178. The van der Waals surface area contributed by atoms with Crippen LogP contribution in [-0.2, 0) is 16.6 Å². The average molecular weight is 479 g/mol. The Morgan fingerprint density at radius 3 is 2.55 bits per heavy atom. The Labute approximate surface area is 175 Å². The molecule has 0 saturated carbocycles. The summed E-state index contributed by atoms with van der Waals surface area (Å²) in [7, 11) is -3.94. The molecule has 0 unspecified atom stereocenters. The minimum absolute atomic E-state index is 0.123. The second-order valence-electron chi connectivity index (χ2n) is 6.09. The van der Waals surface area contributed by atoms with Crippen molar-refractivity contribution < 1.29 is 22.3 Å². The Morgan fingerprint density at radius 2 is 1.83 bits per heavy atom. The van der Waals surface area contributed by atoms with Gasteiger partial charge in [0.25, 0.3) is 5.91 Å². The van der Waals surface area contributed by atoms with Crippen LogP contribution in [0.2, 0.25) is 0 Å². The fourth-order valence-corrected chi connectivity index (χ4v) is 3.48. The van der Waals surface area contributed by atoms with Gasteiger partial charge in [-0.3, -0.25) is 4.79 Å². The number of hydrogen-bond donors (Lipinski definition) is 2. The molecule has 0 bridgehead atoms. The number of primary sulfonamides is 1. The van der Waals surface area contributed by atoms with E-state index in [4.69, 9.17) is 9.88 Å². The minimum atomic E-state index is -3.94. The van der Waals surface area contributed by atoms with Crippen LogP contribution in [-0.4, -0.2) is 14.3 Å². The lowest BCUT2D eigenvalue weighted by molar-refractivity contribution is 0.102. The van der Waals surface area contributed by atoms with E-state index < -0.39 is 21.7 Å². The molecule has 0 spiro atoms. The summed E-state index contributed by atoms with van der Waals surface area (Å²) in [6, 6.07) is 16.7. The van der Waals surface area contributed by atoms with Crippen LogP contribution in [0.25, 0.3) is 0 Å². The van der Waals surface area contributed by atoms with Crippen molar-refractivity contribution in [1.82, 2.24) is 0 Å². The van der Waals surface area contributed by atoms with Gasteiger partial charge in [-0.05, 0) is 64.0 Å². The van der Waals surface area contributed by atoms with Crippen molar-refractivity contribution in [2.45, 2.75) is 11.5 Å². The fourth-order valence-electron chi connectivity index (χ4n) is 2.52. The highest BCUT2D eigenvalue weighted by atomic mass is 79.9. The SMILES string of the molecule is NS(=O)(=O)c1ccc(Br)c(C(=O)Nc2cccc(COc3cccc(F)c3)c2)c1. The maximum atomic E-state index is 13.2. The Kier molecular flexibility index (Phi) is 6.31. The average Bonchev–Trinajstić information content (AvgIpc) is 2.66. The summed E-state index contributed by atoms with van der Waals surface area (Å²) >= 11 is 3.24. The molecule has 3 aromatic rings. The van der Waals surface area contributed by atoms with E-state index in [1.54, 1.807) is 36.4 Å². The molecule has 3 aromatic carbocycles. The van der Waals surface area contributed by atoms with Crippen LogP contribution in [0.4, 0.5) is 10.1 Å². The first-order valence-electron chi connectivity index (χ1n) is 8.33. The van der Waals surface area contributed by atoms with Crippen molar-refractivity contribution in [2.75, 3.05) is 5.32 Å². The number of nitrogens with one attached hydrogen (secondary N) is 1. The zero-order valence-corrected chi connectivity index (χ0v) is 17.3. The lowest BCUT2D eigenvalue weighted by atomic mass is 10.2. The molecule has 0 heterocycles. The number of nitrogens with two attached hydrogens (primary N) is 1. The largest absolute Gasteiger partial charge is 0.489 e. The Bertz CT molecular complexity index is 1170. The first kappa shape index (κ1) is 21.0. The molecule has 0 saturated heterocycles. The molecule has 0 fully saturated rings. The first-order valence-corrected chi connectivity index (χ1v) is 10.7. The monoisotopic (exact) mass is 478 g/mol. The lowest BCUT2D eigenvalue weighted by Gasteiger charge is -2.11. The molecular weight excluding hydrogens is 463 g/mol. The van der Waals surface area contributed by atoms with Crippen LogP contribution in [0.3, 0.4) is 0 Å². The van der Waals surface area contributed by atoms with Gasteiger partial charge >= 0.3 is 0 Å². The number of benzene rings is 3. The molecule has 9 heteroatoms. The molecule has 0 aliphatic carbocycles. The van der Waals surface area contributed by atoms with E-state index in [0.29, 0.717) is 15.9 Å². The summed E-state index contributed by atoms with van der Waals surface area (Å²) in [5.74, 6) is -0.510. The summed E-state index contributed by atoms with van der Waals surface area (Å²) in [5, 5.41) is 7.83. The quantitative estimate of drug-likeness (QED) is 0.557. The van der Waals surface area contributed by atoms with Crippen LogP contribution in [0.1, 0.15) is 15.9 Å². The number of anilines is 1. The van der Waals surface area contributed by atoms with Gasteiger partial charge in [0.2, 0.25) is 10.0 Å². The highest BCUT2D eigenvalue weighted by Crippen LogP contribution is 2.22. The number of ether oxygens (including phenoxy) is 1. The molecule has 0 radical (unpaired) electrons. The molecule has 6 nitrogen and oxygen atoms in total. The van der Waals surface area contributed by atoms with Gasteiger partial charge in [0, 0.05) is 16.2 Å². The zero-order chi connectivity index (χ0) is 21.0. The van der Waals surface area contributed by atoms with Gasteiger partial charge < -0.3 is 10.1 Å². The van der Waals surface area contributed by atoms with Gasteiger partial charge in [-0.15, -0.1) is 0 Å². The standard InChI is InChI=1S/C20H16BrFN2O4S/c21-19-8-7-17(29(23,26)27)11-18(19)20(25)24-15-5-1-3-13(9-15)12-28-16-6-2-4-14(22)10-16/h1-11H,12H2,(H,24,25)(H2,23,26,27). The minimum Gasteiger partial charge on any atom is -0.489 e. The molecule has 150 valence electrons. The smallest absolute Gasteiger partial charge is 0.256 e. The highest BCUT2D eigenvalue weighted by Gasteiger charge is 2.16. The molecule has 0 aliphatic rings. The topological polar surface area (TPSA) is 98.5 Å². The Morgan fingerprint density at radius 1 is 1.07 bits per heavy atom. The van der Waals surface area contributed by atoms with Gasteiger partial charge in [-0.2, -0.15) is 0 Å². The van der Waals surface area contributed by atoms with Gasteiger partial charge in [0.15, 0.2) is 0 Å². The van der Waals surface area contributed by atoms with E-state index in [-0.39, 0.29) is 17.1 Å². The summed E-state index contributed by atoms with van der Waals surface area (Å²) in [6.07, 6.45) is 0. The van der Waals surface area contributed by atoms with Crippen LogP contribution in [0.15, 0.2) is 76.1 Å². The Balaban J connectivity index is 1.74. The normalized spacial score (nSPS) is 11.1. The van der Waals surface area contributed by atoms with E-state index in [1.165, 1.54) is 30.3 Å². The molecule has 1 amide bonds. The van der Waals surface area contributed by atoms with Crippen molar-refractivity contribution >= 4 is 37.5 Å². The van der Waals surface area contributed by atoms with Crippen LogP contribution < -0.4 is 15.2 Å². The van der Waals surface area contributed by atoms with Gasteiger partial charge in [-0.1, -0.05) is 18.2 Å². The van der Waals surface area contributed by atoms with E-state index in [2.05, 4.69) is 21.2 Å². The molecule has 3 rings (SSSR count). The lowest BCUT2D eigenvalue weighted by Crippen LogP contribution is -2.16. The molecule has 0 atom stereocenters. The number of sulfonamides is 1. The fraction of sp³-hybridized carbons (Fsp3) is 0.0500. The molecule has 0 aromatic heterocycles. The number of carbonyl (C=O) groups is 1. The number of carbonyl (C=O) groups excluding carboxylic acids is 1. The molecular formula is C20H16BrFN2O4S. The maximum absolute atomic E-state index is 13.2. The van der Waals surface area contributed by atoms with Crippen molar-refractivity contribution in [3.63, 3.8) is 0 Å². The predicted molar refractivity (Wildman–Crippen MR) is 111 cm³/mol. The Hall–Kier alpha value is -2.75. The van der Waals surface area contributed by atoms with Crippen LogP contribution in [0.5, 0.6) is 5.75 Å². The van der Waals surface area contributed by atoms with Crippen molar-refractivity contribution in [3.8, 4) is 5.75 Å². The summed E-state index contributed by atoms with van der Waals surface area (Å²) < 4.78 is 42.2.